The van der Waals surface area contributed by atoms with E-state index in [1.807, 2.05) is 25.1 Å². The first-order chi connectivity index (χ1) is 12.9. The zero-order chi connectivity index (χ0) is 19.8. The molecule has 27 heavy (non-hydrogen) atoms. The number of nitrogens with zero attached hydrogens (tertiary/aromatic N) is 3. The predicted molar refractivity (Wildman–Crippen MR) is 103 cm³/mol. The summed E-state index contributed by atoms with van der Waals surface area (Å²) in [4.78, 5) is 29.3. The van der Waals surface area contributed by atoms with Gasteiger partial charge in [-0.15, -0.1) is 0 Å². The molecule has 9 heteroatoms. The van der Waals surface area contributed by atoms with Crippen LogP contribution in [0.4, 0.5) is 17.2 Å². The number of nitro groups is 1. The molecule has 1 aromatic heterocycles. The van der Waals surface area contributed by atoms with Crippen LogP contribution in [0.3, 0.4) is 0 Å². The standard InChI is InChI=1S/C18H23N5O4/c1-22(2)17-10-13(6-7-20-17)12-21-18(24)14-4-5-15(19-8-9-27-3)16(11-14)23(25)26/h4-7,10-11,19H,8-9,12H2,1-3H3,(H,21,24). The van der Waals surface area contributed by atoms with Crippen molar-refractivity contribution in [2.24, 2.45) is 0 Å². The second-order valence-corrected chi connectivity index (χ2v) is 6.01. The van der Waals surface area contributed by atoms with Crippen molar-refractivity contribution in [1.29, 1.82) is 0 Å². The topological polar surface area (TPSA) is 110 Å². The Morgan fingerprint density at radius 1 is 1.30 bits per heavy atom. The number of methoxy groups -OCH3 is 1. The number of pyridine rings is 1. The van der Waals surface area contributed by atoms with Gasteiger partial charge in [-0.3, -0.25) is 14.9 Å². The maximum atomic E-state index is 12.4. The lowest BCUT2D eigenvalue weighted by molar-refractivity contribution is -0.384. The number of anilines is 2. The summed E-state index contributed by atoms with van der Waals surface area (Å²) in [5, 5.41) is 17.0. The minimum absolute atomic E-state index is 0.155. The van der Waals surface area contributed by atoms with Crippen molar-refractivity contribution in [3.8, 4) is 0 Å². The molecule has 0 atom stereocenters. The average molecular weight is 373 g/mol. The van der Waals surface area contributed by atoms with Gasteiger partial charge in [0.25, 0.3) is 11.6 Å². The lowest BCUT2D eigenvalue weighted by Crippen LogP contribution is -2.23. The van der Waals surface area contributed by atoms with Crippen LogP contribution in [0.2, 0.25) is 0 Å². The van der Waals surface area contributed by atoms with Crippen molar-refractivity contribution in [1.82, 2.24) is 10.3 Å². The predicted octanol–water partition coefficient (Wildman–Crippen LogP) is 2.04. The average Bonchev–Trinajstić information content (AvgIpc) is 2.66. The van der Waals surface area contributed by atoms with Crippen LogP contribution in [0.5, 0.6) is 0 Å². The second-order valence-electron chi connectivity index (χ2n) is 6.01. The molecule has 0 aliphatic heterocycles. The Morgan fingerprint density at radius 2 is 2.07 bits per heavy atom. The monoisotopic (exact) mass is 373 g/mol. The van der Waals surface area contributed by atoms with Crippen molar-refractivity contribution in [3.63, 3.8) is 0 Å². The summed E-state index contributed by atoms with van der Waals surface area (Å²) in [5.41, 5.74) is 1.30. The number of hydrogen-bond donors (Lipinski definition) is 2. The van der Waals surface area contributed by atoms with Gasteiger partial charge < -0.3 is 20.3 Å². The first kappa shape index (κ1) is 20.1. The van der Waals surface area contributed by atoms with Crippen molar-refractivity contribution >= 4 is 23.1 Å². The number of amides is 1. The molecular weight excluding hydrogens is 350 g/mol. The van der Waals surface area contributed by atoms with Crippen LogP contribution in [0.1, 0.15) is 15.9 Å². The maximum Gasteiger partial charge on any atom is 0.293 e. The molecule has 9 nitrogen and oxygen atoms in total. The van der Waals surface area contributed by atoms with Crippen molar-refractivity contribution < 1.29 is 14.5 Å². The van der Waals surface area contributed by atoms with E-state index in [1.54, 1.807) is 25.4 Å². The number of rotatable bonds is 9. The fourth-order valence-corrected chi connectivity index (χ4v) is 2.36. The summed E-state index contributed by atoms with van der Waals surface area (Å²) in [7, 11) is 5.31. The van der Waals surface area contributed by atoms with Gasteiger partial charge in [-0.25, -0.2) is 4.98 Å². The van der Waals surface area contributed by atoms with E-state index in [1.165, 1.54) is 12.1 Å². The quantitative estimate of drug-likeness (QED) is 0.393. The molecule has 0 saturated heterocycles. The number of carbonyl (C=O) groups excluding carboxylic acids is 1. The van der Waals surface area contributed by atoms with Crippen LogP contribution in [0.25, 0.3) is 0 Å². The Balaban J connectivity index is 2.08. The molecular formula is C18H23N5O4. The number of hydrogen-bond acceptors (Lipinski definition) is 7. The summed E-state index contributed by atoms with van der Waals surface area (Å²) in [6, 6.07) is 8.01. The number of ether oxygens (including phenoxy) is 1. The number of benzene rings is 1. The Labute approximate surface area is 157 Å². The minimum atomic E-state index is -0.516. The van der Waals surface area contributed by atoms with Gasteiger partial charge in [0.2, 0.25) is 0 Å². The van der Waals surface area contributed by atoms with Crippen molar-refractivity contribution in [3.05, 3.63) is 57.8 Å². The van der Waals surface area contributed by atoms with E-state index in [0.717, 1.165) is 11.4 Å². The molecule has 2 rings (SSSR count). The highest BCUT2D eigenvalue weighted by Crippen LogP contribution is 2.25. The van der Waals surface area contributed by atoms with Gasteiger partial charge in [0.15, 0.2) is 0 Å². The molecule has 0 spiro atoms. The van der Waals surface area contributed by atoms with Gasteiger partial charge in [-0.2, -0.15) is 0 Å². The van der Waals surface area contributed by atoms with Crippen LogP contribution in [0.15, 0.2) is 36.5 Å². The molecule has 0 saturated carbocycles. The van der Waals surface area contributed by atoms with Gasteiger partial charge in [0, 0.05) is 52.1 Å². The molecule has 1 amide bonds. The van der Waals surface area contributed by atoms with Crippen molar-refractivity contribution in [2.75, 3.05) is 44.6 Å². The molecule has 1 heterocycles. The zero-order valence-corrected chi connectivity index (χ0v) is 15.6. The van der Waals surface area contributed by atoms with Crippen LogP contribution in [-0.4, -0.2) is 50.2 Å². The zero-order valence-electron chi connectivity index (χ0n) is 15.6. The number of aromatic nitrogens is 1. The first-order valence-electron chi connectivity index (χ1n) is 8.34. The molecule has 0 aliphatic rings. The summed E-state index contributed by atoms with van der Waals surface area (Å²) < 4.78 is 4.92. The number of carbonyl (C=O) groups is 1. The highest BCUT2D eigenvalue weighted by atomic mass is 16.6. The summed E-state index contributed by atoms with van der Waals surface area (Å²) in [6.07, 6.45) is 1.67. The maximum absolute atomic E-state index is 12.4. The summed E-state index contributed by atoms with van der Waals surface area (Å²) in [5.74, 6) is 0.397. The Hall–Kier alpha value is -3.20. The third-order valence-electron chi connectivity index (χ3n) is 3.80. The fraction of sp³-hybridized carbons (Fsp3) is 0.333. The van der Waals surface area contributed by atoms with Gasteiger partial charge in [-0.1, -0.05) is 0 Å². The van der Waals surface area contributed by atoms with Gasteiger partial charge in [0.1, 0.15) is 11.5 Å². The molecule has 0 aliphatic carbocycles. The first-order valence-corrected chi connectivity index (χ1v) is 8.34. The molecule has 1 aromatic carbocycles. The largest absolute Gasteiger partial charge is 0.383 e. The smallest absolute Gasteiger partial charge is 0.293 e. The van der Waals surface area contributed by atoms with Gasteiger partial charge in [0.05, 0.1) is 11.5 Å². The Morgan fingerprint density at radius 3 is 2.74 bits per heavy atom. The molecule has 0 unspecified atom stereocenters. The van der Waals surface area contributed by atoms with E-state index in [4.69, 9.17) is 4.74 Å². The summed E-state index contributed by atoms with van der Waals surface area (Å²) in [6.45, 7) is 1.14. The van der Waals surface area contributed by atoms with E-state index in [-0.39, 0.29) is 17.2 Å². The lowest BCUT2D eigenvalue weighted by atomic mass is 10.1. The van der Waals surface area contributed by atoms with E-state index in [2.05, 4.69) is 15.6 Å². The van der Waals surface area contributed by atoms with E-state index >= 15 is 0 Å². The van der Waals surface area contributed by atoms with Crippen LogP contribution in [0, 0.1) is 10.1 Å². The third kappa shape index (κ3) is 5.65. The Kier molecular flexibility index (Phi) is 7.07. The van der Waals surface area contributed by atoms with E-state index < -0.39 is 4.92 Å². The third-order valence-corrected chi connectivity index (χ3v) is 3.80. The SMILES string of the molecule is COCCNc1ccc(C(=O)NCc2ccnc(N(C)C)c2)cc1[N+](=O)[O-]. The normalized spacial score (nSPS) is 10.3. The molecule has 0 bridgehead atoms. The Bertz CT molecular complexity index is 810. The summed E-state index contributed by atoms with van der Waals surface area (Å²) >= 11 is 0. The highest BCUT2D eigenvalue weighted by molar-refractivity contribution is 5.95. The van der Waals surface area contributed by atoms with E-state index in [9.17, 15) is 14.9 Å². The van der Waals surface area contributed by atoms with Crippen LogP contribution in [-0.2, 0) is 11.3 Å². The van der Waals surface area contributed by atoms with E-state index in [0.29, 0.717) is 25.4 Å². The van der Waals surface area contributed by atoms with Crippen LogP contribution >= 0.6 is 0 Å². The fourth-order valence-electron chi connectivity index (χ4n) is 2.36. The minimum Gasteiger partial charge on any atom is -0.383 e. The molecule has 0 radical (unpaired) electrons. The highest BCUT2D eigenvalue weighted by Gasteiger charge is 2.17. The van der Waals surface area contributed by atoms with Crippen LogP contribution < -0.4 is 15.5 Å². The van der Waals surface area contributed by atoms with Gasteiger partial charge >= 0.3 is 0 Å². The molecule has 0 fully saturated rings. The van der Waals surface area contributed by atoms with Crippen molar-refractivity contribution in [2.45, 2.75) is 6.54 Å². The second kappa shape index (κ2) is 9.48. The van der Waals surface area contributed by atoms with Gasteiger partial charge in [-0.05, 0) is 29.8 Å². The number of nitro benzene ring substituents is 1. The lowest BCUT2D eigenvalue weighted by Gasteiger charge is -2.12. The molecule has 2 aromatic rings. The molecule has 144 valence electrons. The molecule has 2 N–H and O–H groups in total. The number of nitrogens with one attached hydrogen (secondary N) is 2.